The van der Waals surface area contributed by atoms with E-state index in [2.05, 4.69) is 12.6 Å². The molecule has 0 unspecified atom stereocenters. The maximum atomic E-state index is 9.33. The van der Waals surface area contributed by atoms with E-state index in [1.807, 2.05) is 0 Å². The van der Waals surface area contributed by atoms with E-state index in [0.29, 0.717) is 0 Å². The molecule has 32 valence electrons. The van der Waals surface area contributed by atoms with Crippen LogP contribution >= 0.6 is 12.6 Å². The second kappa shape index (κ2) is 2.53. The lowest BCUT2D eigenvalue weighted by atomic mass is 11.9. The van der Waals surface area contributed by atoms with E-state index in [1.165, 1.54) is 0 Å². The van der Waals surface area contributed by atoms with Gasteiger partial charge in [-0.05, 0) is 0 Å². The zero-order valence-electron chi connectivity index (χ0n) is 2.42. The molecule has 0 aliphatic rings. The molecule has 0 aliphatic carbocycles. The van der Waals surface area contributed by atoms with Gasteiger partial charge in [0.15, 0.2) is 0 Å². The standard InChI is InChI=1S/CH4O2S2/c2-5(3)1-4/h4-5H,1H2. The van der Waals surface area contributed by atoms with Gasteiger partial charge in [-0.15, -0.1) is 0 Å². The lowest BCUT2D eigenvalue weighted by Gasteiger charge is -1.60. The summed E-state index contributed by atoms with van der Waals surface area (Å²) in [7, 11) is -2.23. The van der Waals surface area contributed by atoms with E-state index >= 15 is 0 Å². The maximum Gasteiger partial charge on any atom is 0.149 e. The first-order valence-corrected chi connectivity index (χ1v) is 2.99. The fourth-order valence-corrected chi connectivity index (χ4v) is 0. The van der Waals surface area contributed by atoms with Gasteiger partial charge >= 0.3 is 0 Å². The molecule has 0 aromatic carbocycles. The third-order valence-electron chi connectivity index (χ3n) is 0.115. The fraction of sp³-hybridized carbons (Fsp3) is 1.00. The molecule has 2 nitrogen and oxygen atoms in total. The summed E-state index contributed by atoms with van der Waals surface area (Å²) in [5.41, 5.74) is 0. The molecule has 0 aliphatic heterocycles. The molecule has 0 amide bonds. The van der Waals surface area contributed by atoms with Crippen molar-refractivity contribution in [3.8, 4) is 0 Å². The van der Waals surface area contributed by atoms with Crippen LogP contribution in [0.4, 0.5) is 0 Å². The smallest absolute Gasteiger partial charge is 0.149 e. The molecule has 0 spiro atoms. The van der Waals surface area contributed by atoms with Crippen molar-refractivity contribution in [2.45, 2.75) is 0 Å². The molecule has 0 aromatic rings. The van der Waals surface area contributed by atoms with Crippen LogP contribution in [0.1, 0.15) is 0 Å². The Hall–Kier alpha value is 0.300. The Kier molecular flexibility index (Phi) is 2.68. The Morgan fingerprint density at radius 3 is 1.80 bits per heavy atom. The summed E-state index contributed by atoms with van der Waals surface area (Å²) in [6, 6.07) is 0. The van der Waals surface area contributed by atoms with Gasteiger partial charge in [0.2, 0.25) is 0 Å². The van der Waals surface area contributed by atoms with Crippen molar-refractivity contribution in [3.05, 3.63) is 0 Å². The highest BCUT2D eigenvalue weighted by Crippen LogP contribution is 1.66. The lowest BCUT2D eigenvalue weighted by molar-refractivity contribution is 0.618. The lowest BCUT2D eigenvalue weighted by Crippen LogP contribution is -1.69. The average molecular weight is 112 g/mol. The van der Waals surface area contributed by atoms with Crippen molar-refractivity contribution < 1.29 is 8.42 Å². The van der Waals surface area contributed by atoms with Gasteiger partial charge in [0.1, 0.15) is 10.7 Å². The van der Waals surface area contributed by atoms with Crippen LogP contribution < -0.4 is 0 Å². The SMILES string of the molecule is O=[SH](=O)CS. The predicted molar refractivity (Wildman–Crippen MR) is 24.2 cm³/mol. The Balaban J connectivity index is 3.23. The summed E-state index contributed by atoms with van der Waals surface area (Å²) < 4.78 is 18.7. The zero-order valence-corrected chi connectivity index (χ0v) is 4.21. The van der Waals surface area contributed by atoms with Gasteiger partial charge in [-0.2, -0.15) is 12.6 Å². The van der Waals surface area contributed by atoms with Gasteiger partial charge in [0.05, 0.1) is 5.08 Å². The molecule has 0 atom stereocenters. The van der Waals surface area contributed by atoms with Crippen LogP contribution in [0.3, 0.4) is 0 Å². The summed E-state index contributed by atoms with van der Waals surface area (Å²) in [4.78, 5) is 0. The van der Waals surface area contributed by atoms with Gasteiger partial charge in [-0.25, -0.2) is 8.42 Å². The Labute approximate surface area is 37.6 Å². The number of thiol groups is 2. The van der Waals surface area contributed by atoms with E-state index in [9.17, 15) is 8.42 Å². The highest BCUT2D eigenvalue weighted by Gasteiger charge is 1.66. The molecule has 0 bridgehead atoms. The first-order chi connectivity index (χ1) is 2.27. The highest BCUT2D eigenvalue weighted by molar-refractivity contribution is 7.94. The molecule has 0 N–H and O–H groups in total. The Morgan fingerprint density at radius 1 is 1.60 bits per heavy atom. The quantitative estimate of drug-likeness (QED) is 0.448. The summed E-state index contributed by atoms with van der Waals surface area (Å²) >= 11 is 3.42. The Morgan fingerprint density at radius 2 is 1.80 bits per heavy atom. The molecule has 0 saturated carbocycles. The minimum Gasteiger partial charge on any atom is -0.231 e. The van der Waals surface area contributed by atoms with Gasteiger partial charge in [-0.1, -0.05) is 0 Å². The van der Waals surface area contributed by atoms with E-state index in [-0.39, 0.29) is 5.08 Å². The summed E-state index contributed by atoms with van der Waals surface area (Å²) in [6.45, 7) is 0. The van der Waals surface area contributed by atoms with Gasteiger partial charge in [-0.3, -0.25) is 0 Å². The zero-order chi connectivity index (χ0) is 4.28. The Bertz CT molecular complexity index is 65.7. The minimum atomic E-state index is -2.23. The molecule has 0 fully saturated rings. The van der Waals surface area contributed by atoms with E-state index in [4.69, 9.17) is 0 Å². The van der Waals surface area contributed by atoms with Crippen LogP contribution in [-0.4, -0.2) is 13.5 Å². The third kappa shape index (κ3) is 4.30. The van der Waals surface area contributed by atoms with E-state index in [0.717, 1.165) is 0 Å². The monoisotopic (exact) mass is 112 g/mol. The van der Waals surface area contributed by atoms with Gasteiger partial charge < -0.3 is 0 Å². The average Bonchev–Trinajstić information content (AvgIpc) is 1.38. The second-order valence-electron chi connectivity index (χ2n) is 0.474. The van der Waals surface area contributed by atoms with Crippen LogP contribution in [0.5, 0.6) is 0 Å². The molecule has 5 heavy (non-hydrogen) atoms. The third-order valence-corrected chi connectivity index (χ3v) is 1.04. The largest absolute Gasteiger partial charge is 0.231 e. The molecule has 0 saturated heterocycles. The maximum absolute atomic E-state index is 9.33. The first-order valence-electron chi connectivity index (χ1n) is 0.998. The summed E-state index contributed by atoms with van der Waals surface area (Å²) in [5.74, 6) is 0. The number of hydrogen-bond acceptors (Lipinski definition) is 3. The van der Waals surface area contributed by atoms with Crippen molar-refractivity contribution in [1.82, 2.24) is 0 Å². The number of rotatable bonds is 1. The van der Waals surface area contributed by atoms with Crippen LogP contribution in [-0.2, 0) is 10.7 Å². The van der Waals surface area contributed by atoms with Crippen molar-refractivity contribution in [2.24, 2.45) is 0 Å². The molecule has 0 aromatic heterocycles. The topological polar surface area (TPSA) is 34.1 Å². The second-order valence-corrected chi connectivity index (χ2v) is 2.27. The summed E-state index contributed by atoms with van der Waals surface area (Å²) in [5, 5.41) is -0.0463. The van der Waals surface area contributed by atoms with Crippen molar-refractivity contribution in [3.63, 3.8) is 0 Å². The van der Waals surface area contributed by atoms with Crippen LogP contribution in [0.15, 0.2) is 0 Å². The van der Waals surface area contributed by atoms with Crippen molar-refractivity contribution in [1.29, 1.82) is 0 Å². The van der Waals surface area contributed by atoms with E-state index in [1.54, 1.807) is 0 Å². The van der Waals surface area contributed by atoms with E-state index < -0.39 is 10.7 Å². The highest BCUT2D eigenvalue weighted by atomic mass is 32.2. The van der Waals surface area contributed by atoms with Crippen LogP contribution in [0, 0.1) is 0 Å². The molecule has 4 heteroatoms. The van der Waals surface area contributed by atoms with Gasteiger partial charge in [0.25, 0.3) is 0 Å². The molecule has 0 rings (SSSR count). The molecule has 0 radical (unpaired) electrons. The summed E-state index contributed by atoms with van der Waals surface area (Å²) in [6.07, 6.45) is 0. The van der Waals surface area contributed by atoms with Crippen molar-refractivity contribution >= 4 is 23.3 Å². The van der Waals surface area contributed by atoms with Crippen LogP contribution in [0.25, 0.3) is 0 Å². The first kappa shape index (κ1) is 5.30. The fourth-order valence-electron chi connectivity index (χ4n) is 0. The minimum absolute atomic E-state index is 0.0463. The number of hydrogen-bond donors (Lipinski definition) is 2. The van der Waals surface area contributed by atoms with Crippen LogP contribution in [0.2, 0.25) is 0 Å². The predicted octanol–water partition coefficient (Wildman–Crippen LogP) is -0.515. The molecule has 0 heterocycles. The van der Waals surface area contributed by atoms with Crippen molar-refractivity contribution in [2.75, 3.05) is 5.08 Å². The molecular weight excluding hydrogens is 108 g/mol. The molecular formula is CH4O2S2. The van der Waals surface area contributed by atoms with Gasteiger partial charge in [0, 0.05) is 0 Å². The normalized spacial score (nSPS) is 9.20.